The van der Waals surface area contributed by atoms with Gasteiger partial charge in [-0.05, 0) is 24.8 Å². The van der Waals surface area contributed by atoms with E-state index in [1.807, 2.05) is 30.3 Å². The van der Waals surface area contributed by atoms with E-state index in [9.17, 15) is 4.79 Å². The second-order valence-corrected chi connectivity index (χ2v) is 4.44. The zero-order valence-electron chi connectivity index (χ0n) is 10.0. The first-order valence-electron chi connectivity index (χ1n) is 6.27. The van der Waals surface area contributed by atoms with E-state index in [1.165, 1.54) is 0 Å². The van der Waals surface area contributed by atoms with E-state index in [4.69, 9.17) is 4.74 Å². The minimum Gasteiger partial charge on any atom is -0.378 e. The molecule has 0 aromatic heterocycles. The van der Waals surface area contributed by atoms with Gasteiger partial charge in [0.15, 0.2) is 0 Å². The molecule has 2 rings (SSSR count). The normalized spacial score (nSPS) is 19.2. The Labute approximate surface area is 102 Å². The molecule has 0 spiro atoms. The third kappa shape index (κ3) is 4.19. The third-order valence-electron chi connectivity index (χ3n) is 3.02. The van der Waals surface area contributed by atoms with E-state index < -0.39 is 0 Å². The molecule has 92 valence electrons. The Morgan fingerprint density at radius 1 is 1.35 bits per heavy atom. The van der Waals surface area contributed by atoms with Gasteiger partial charge in [0, 0.05) is 13.2 Å². The molecule has 1 aromatic rings. The molecule has 0 bridgehead atoms. The minimum absolute atomic E-state index is 0.0918. The summed E-state index contributed by atoms with van der Waals surface area (Å²) in [6.45, 7) is 1.60. The number of carbonyl (C=O) groups is 1. The number of amides is 1. The number of hydrogen-bond donors (Lipinski definition) is 1. The van der Waals surface area contributed by atoms with Crippen LogP contribution in [0.15, 0.2) is 30.3 Å². The molecule has 0 radical (unpaired) electrons. The molecule has 17 heavy (non-hydrogen) atoms. The average Bonchev–Trinajstić information content (AvgIpc) is 2.83. The second-order valence-electron chi connectivity index (χ2n) is 4.44. The van der Waals surface area contributed by atoms with Crippen LogP contribution >= 0.6 is 0 Å². The summed E-state index contributed by atoms with van der Waals surface area (Å²) < 4.78 is 5.50. The molecule has 3 heteroatoms. The summed E-state index contributed by atoms with van der Waals surface area (Å²) in [7, 11) is 0. The van der Waals surface area contributed by atoms with Crippen LogP contribution < -0.4 is 5.32 Å². The third-order valence-corrected chi connectivity index (χ3v) is 3.02. The molecular formula is C14H19NO2. The van der Waals surface area contributed by atoms with Crippen molar-refractivity contribution in [3.05, 3.63) is 35.9 Å². The topological polar surface area (TPSA) is 38.3 Å². The smallest absolute Gasteiger partial charge is 0.224 e. The van der Waals surface area contributed by atoms with Crippen molar-refractivity contribution in [1.29, 1.82) is 0 Å². The SMILES string of the molecule is O=C(Cc1ccccc1)NCCC1CCCO1. The summed E-state index contributed by atoms with van der Waals surface area (Å²) in [4.78, 5) is 11.6. The fourth-order valence-corrected chi connectivity index (χ4v) is 2.09. The average molecular weight is 233 g/mol. The van der Waals surface area contributed by atoms with Crippen molar-refractivity contribution in [2.24, 2.45) is 0 Å². The van der Waals surface area contributed by atoms with Crippen molar-refractivity contribution in [2.45, 2.75) is 31.8 Å². The quantitative estimate of drug-likeness (QED) is 0.843. The van der Waals surface area contributed by atoms with Gasteiger partial charge in [0.05, 0.1) is 12.5 Å². The molecule has 1 N–H and O–H groups in total. The van der Waals surface area contributed by atoms with E-state index in [0.29, 0.717) is 12.5 Å². The van der Waals surface area contributed by atoms with Gasteiger partial charge in [0.25, 0.3) is 0 Å². The molecule has 1 fully saturated rings. The maximum Gasteiger partial charge on any atom is 0.224 e. The first-order chi connectivity index (χ1) is 8.34. The van der Waals surface area contributed by atoms with Crippen LogP contribution in [0.2, 0.25) is 0 Å². The van der Waals surface area contributed by atoms with Crippen LogP contribution in [0.4, 0.5) is 0 Å². The lowest BCUT2D eigenvalue weighted by atomic mass is 10.1. The number of ether oxygens (including phenoxy) is 1. The van der Waals surface area contributed by atoms with Gasteiger partial charge >= 0.3 is 0 Å². The van der Waals surface area contributed by atoms with Crippen LogP contribution in [0, 0.1) is 0 Å². The maximum atomic E-state index is 11.6. The summed E-state index contributed by atoms with van der Waals surface area (Å²) >= 11 is 0. The van der Waals surface area contributed by atoms with Crippen LogP contribution in [0.5, 0.6) is 0 Å². The molecule has 1 aromatic carbocycles. The standard InChI is InChI=1S/C14H19NO2/c16-14(11-12-5-2-1-3-6-12)15-9-8-13-7-4-10-17-13/h1-3,5-6,13H,4,7-11H2,(H,15,16). The van der Waals surface area contributed by atoms with Crippen molar-refractivity contribution < 1.29 is 9.53 Å². The molecule has 1 aliphatic rings. The first kappa shape index (κ1) is 12.1. The Morgan fingerprint density at radius 3 is 2.88 bits per heavy atom. The molecule has 1 aliphatic heterocycles. The molecule has 0 saturated carbocycles. The lowest BCUT2D eigenvalue weighted by Gasteiger charge is -2.10. The van der Waals surface area contributed by atoms with Gasteiger partial charge in [-0.2, -0.15) is 0 Å². The Kier molecular flexibility index (Phi) is 4.56. The predicted octanol–water partition coefficient (Wildman–Crippen LogP) is 1.91. The summed E-state index contributed by atoms with van der Waals surface area (Å²) in [5.41, 5.74) is 1.06. The molecule has 3 nitrogen and oxygen atoms in total. The highest BCUT2D eigenvalue weighted by Crippen LogP contribution is 2.14. The van der Waals surface area contributed by atoms with Crippen LogP contribution in [0.3, 0.4) is 0 Å². The Hall–Kier alpha value is -1.35. The van der Waals surface area contributed by atoms with Gasteiger partial charge in [0.2, 0.25) is 5.91 Å². The van der Waals surface area contributed by atoms with Gasteiger partial charge in [-0.1, -0.05) is 30.3 Å². The summed E-state index contributed by atoms with van der Waals surface area (Å²) in [6.07, 6.45) is 4.04. The summed E-state index contributed by atoms with van der Waals surface area (Å²) in [6, 6.07) is 9.81. The Morgan fingerprint density at radius 2 is 2.18 bits per heavy atom. The maximum absolute atomic E-state index is 11.6. The zero-order chi connectivity index (χ0) is 11.9. The fourth-order valence-electron chi connectivity index (χ4n) is 2.09. The van der Waals surface area contributed by atoms with Crippen molar-refractivity contribution >= 4 is 5.91 Å². The van der Waals surface area contributed by atoms with Gasteiger partial charge in [-0.15, -0.1) is 0 Å². The number of benzene rings is 1. The number of hydrogen-bond acceptors (Lipinski definition) is 2. The summed E-state index contributed by atoms with van der Waals surface area (Å²) in [5.74, 6) is 0.0918. The largest absolute Gasteiger partial charge is 0.378 e. The van der Waals surface area contributed by atoms with Gasteiger partial charge in [0.1, 0.15) is 0 Å². The van der Waals surface area contributed by atoms with Gasteiger partial charge in [-0.25, -0.2) is 0 Å². The fraction of sp³-hybridized carbons (Fsp3) is 0.500. The van der Waals surface area contributed by atoms with E-state index in [1.54, 1.807) is 0 Å². The highest BCUT2D eigenvalue weighted by molar-refractivity contribution is 5.78. The molecule has 1 atom stereocenters. The zero-order valence-corrected chi connectivity index (χ0v) is 10.0. The molecular weight excluding hydrogens is 214 g/mol. The molecule has 1 unspecified atom stereocenters. The van der Waals surface area contributed by atoms with Gasteiger partial charge < -0.3 is 10.1 Å². The molecule has 1 heterocycles. The minimum atomic E-state index is 0.0918. The Balaban J connectivity index is 1.64. The lowest BCUT2D eigenvalue weighted by molar-refractivity contribution is -0.120. The van der Waals surface area contributed by atoms with Crippen molar-refractivity contribution in [3.8, 4) is 0 Å². The number of rotatable bonds is 5. The van der Waals surface area contributed by atoms with E-state index >= 15 is 0 Å². The van der Waals surface area contributed by atoms with Gasteiger partial charge in [-0.3, -0.25) is 4.79 Å². The van der Waals surface area contributed by atoms with Crippen molar-refractivity contribution in [1.82, 2.24) is 5.32 Å². The highest BCUT2D eigenvalue weighted by Gasteiger charge is 2.15. The monoisotopic (exact) mass is 233 g/mol. The lowest BCUT2D eigenvalue weighted by Crippen LogP contribution is -2.28. The number of nitrogens with one attached hydrogen (secondary N) is 1. The van der Waals surface area contributed by atoms with E-state index in [0.717, 1.165) is 38.0 Å². The molecule has 0 aliphatic carbocycles. The van der Waals surface area contributed by atoms with Crippen LogP contribution in [-0.4, -0.2) is 25.2 Å². The first-order valence-corrected chi connectivity index (χ1v) is 6.27. The molecule has 1 saturated heterocycles. The predicted molar refractivity (Wildman–Crippen MR) is 66.7 cm³/mol. The van der Waals surface area contributed by atoms with Crippen LogP contribution in [0.1, 0.15) is 24.8 Å². The van der Waals surface area contributed by atoms with Crippen molar-refractivity contribution in [3.63, 3.8) is 0 Å². The number of carbonyl (C=O) groups excluding carboxylic acids is 1. The Bertz CT molecular complexity index is 344. The van der Waals surface area contributed by atoms with Crippen molar-refractivity contribution in [2.75, 3.05) is 13.2 Å². The van der Waals surface area contributed by atoms with Crippen LogP contribution in [0.25, 0.3) is 0 Å². The van der Waals surface area contributed by atoms with Crippen LogP contribution in [-0.2, 0) is 16.0 Å². The molecule has 1 amide bonds. The van der Waals surface area contributed by atoms with E-state index in [2.05, 4.69) is 5.32 Å². The van der Waals surface area contributed by atoms with E-state index in [-0.39, 0.29) is 5.91 Å². The second kappa shape index (κ2) is 6.40. The summed E-state index contributed by atoms with van der Waals surface area (Å²) in [5, 5.41) is 2.94. The highest BCUT2D eigenvalue weighted by atomic mass is 16.5.